The van der Waals surface area contributed by atoms with Gasteiger partial charge >= 0.3 is 0 Å². The highest BCUT2D eigenvalue weighted by Crippen LogP contribution is 2.46. The fraction of sp³-hybridized carbons (Fsp3) is 0.448. The number of H-pyrrole nitrogens is 1. The van der Waals surface area contributed by atoms with Gasteiger partial charge in [-0.1, -0.05) is 31.7 Å². The van der Waals surface area contributed by atoms with E-state index in [-0.39, 0.29) is 30.6 Å². The number of likely N-dealkylation sites (tertiary alicyclic amines) is 1. The highest BCUT2D eigenvalue weighted by molar-refractivity contribution is 5.85. The molecule has 5 rings (SSSR count). The Kier molecular flexibility index (Phi) is 6.93. The van der Waals surface area contributed by atoms with Crippen LogP contribution in [0.4, 0.5) is 14.5 Å². The SMILES string of the molecule is C=C(CC)N1[C@H](c2c(F)cc(NC3CN(CCCF)C3)cc2OC)c2[nH]c3ccccc3c2C[C@H]1C. The number of alkyl halides is 1. The Morgan fingerprint density at radius 3 is 2.75 bits per heavy atom. The normalized spacial score (nSPS) is 20.3. The maximum atomic E-state index is 16.1. The molecule has 2 aromatic carbocycles. The van der Waals surface area contributed by atoms with Gasteiger partial charge in [0, 0.05) is 59.7 Å². The van der Waals surface area contributed by atoms with E-state index in [1.165, 1.54) is 10.9 Å². The average molecular weight is 495 g/mol. The topological polar surface area (TPSA) is 43.5 Å². The summed E-state index contributed by atoms with van der Waals surface area (Å²) >= 11 is 0. The van der Waals surface area contributed by atoms with Gasteiger partial charge in [-0.2, -0.15) is 0 Å². The lowest BCUT2D eigenvalue weighted by molar-refractivity contribution is 0.155. The zero-order valence-corrected chi connectivity index (χ0v) is 21.4. The molecule has 0 radical (unpaired) electrons. The van der Waals surface area contributed by atoms with Crippen LogP contribution in [0.5, 0.6) is 5.75 Å². The van der Waals surface area contributed by atoms with Crippen LogP contribution in [-0.4, -0.2) is 60.3 Å². The van der Waals surface area contributed by atoms with Crippen LogP contribution in [0.15, 0.2) is 48.7 Å². The maximum Gasteiger partial charge on any atom is 0.134 e. The Morgan fingerprint density at radius 2 is 2.03 bits per heavy atom. The van der Waals surface area contributed by atoms with Gasteiger partial charge in [0.15, 0.2) is 0 Å². The molecule has 36 heavy (non-hydrogen) atoms. The lowest BCUT2D eigenvalue weighted by Crippen LogP contribution is -2.54. The first-order chi connectivity index (χ1) is 17.4. The van der Waals surface area contributed by atoms with Crippen molar-refractivity contribution in [1.82, 2.24) is 14.8 Å². The minimum absolute atomic E-state index is 0.154. The molecule has 7 heteroatoms. The van der Waals surface area contributed by atoms with Crippen molar-refractivity contribution < 1.29 is 13.5 Å². The van der Waals surface area contributed by atoms with Gasteiger partial charge in [0.25, 0.3) is 0 Å². The molecule has 2 N–H and O–H groups in total. The van der Waals surface area contributed by atoms with E-state index < -0.39 is 0 Å². The standard InChI is InChI=1S/C29H36F2N4O/c1-5-18(2)35-19(3)13-23-22-9-6-7-10-25(22)33-28(23)29(35)27-24(31)14-20(15-26(27)36-4)32-21-16-34(17-21)12-8-11-30/h6-7,9-10,14-15,19,21,29,32-33H,2,5,8,11-13,16-17H2,1,3-4H3/t19-,29-/m1/s1. The van der Waals surface area contributed by atoms with Crippen molar-refractivity contribution in [3.05, 3.63) is 71.3 Å². The molecule has 0 amide bonds. The maximum absolute atomic E-state index is 16.1. The van der Waals surface area contributed by atoms with Gasteiger partial charge in [0.05, 0.1) is 25.4 Å². The molecular formula is C29H36F2N4O. The molecule has 192 valence electrons. The fourth-order valence-corrected chi connectivity index (χ4v) is 5.89. The molecule has 2 aliphatic rings. The molecule has 0 saturated carbocycles. The number of fused-ring (bicyclic) bond motifs is 3. The van der Waals surface area contributed by atoms with E-state index in [0.29, 0.717) is 23.4 Å². The van der Waals surface area contributed by atoms with Crippen molar-refractivity contribution >= 4 is 16.6 Å². The van der Waals surface area contributed by atoms with Crippen molar-refractivity contribution in [3.63, 3.8) is 0 Å². The molecule has 5 nitrogen and oxygen atoms in total. The molecule has 0 spiro atoms. The summed E-state index contributed by atoms with van der Waals surface area (Å²) in [5, 5.41) is 4.62. The number of allylic oxidation sites excluding steroid dienone is 1. The number of hydrogen-bond acceptors (Lipinski definition) is 4. The molecule has 2 atom stereocenters. The van der Waals surface area contributed by atoms with E-state index in [9.17, 15) is 4.39 Å². The Labute approximate surface area is 212 Å². The molecule has 1 saturated heterocycles. The van der Waals surface area contributed by atoms with Crippen molar-refractivity contribution in [2.75, 3.05) is 38.7 Å². The second-order valence-corrected chi connectivity index (χ2v) is 10.1. The second kappa shape index (κ2) is 10.1. The lowest BCUT2D eigenvalue weighted by Gasteiger charge is -2.44. The van der Waals surface area contributed by atoms with Gasteiger partial charge in [-0.15, -0.1) is 0 Å². The van der Waals surface area contributed by atoms with Gasteiger partial charge < -0.3 is 19.9 Å². The molecule has 0 bridgehead atoms. The van der Waals surface area contributed by atoms with Crippen molar-refractivity contribution in [2.24, 2.45) is 0 Å². The summed E-state index contributed by atoms with van der Waals surface area (Å²) in [5.41, 5.74) is 5.49. The summed E-state index contributed by atoms with van der Waals surface area (Å²) < 4.78 is 34.3. The van der Waals surface area contributed by atoms with E-state index in [1.807, 2.05) is 18.2 Å². The quantitative estimate of drug-likeness (QED) is 0.381. The number of methoxy groups -OCH3 is 1. The number of nitrogens with zero attached hydrogens (tertiary/aromatic N) is 2. The molecule has 3 aromatic rings. The molecule has 0 unspecified atom stereocenters. The smallest absolute Gasteiger partial charge is 0.134 e. The Balaban J connectivity index is 1.53. The van der Waals surface area contributed by atoms with Crippen molar-refractivity contribution in [3.8, 4) is 5.75 Å². The summed E-state index contributed by atoms with van der Waals surface area (Å²) in [6, 6.07) is 11.8. The largest absolute Gasteiger partial charge is 0.496 e. The monoisotopic (exact) mass is 494 g/mol. The number of hydrogen-bond donors (Lipinski definition) is 2. The van der Waals surface area contributed by atoms with Crippen LogP contribution in [0.3, 0.4) is 0 Å². The van der Waals surface area contributed by atoms with Crippen LogP contribution in [0.25, 0.3) is 10.9 Å². The number of aromatic amines is 1. The summed E-state index contributed by atoms with van der Waals surface area (Å²) in [6.07, 6.45) is 2.19. The number of nitrogens with one attached hydrogen (secondary N) is 2. The van der Waals surface area contributed by atoms with Crippen LogP contribution in [0, 0.1) is 5.82 Å². The van der Waals surface area contributed by atoms with Gasteiger partial charge in [-0.05, 0) is 43.9 Å². The Bertz CT molecular complexity index is 1250. The van der Waals surface area contributed by atoms with Crippen molar-refractivity contribution in [2.45, 2.75) is 51.2 Å². The number of halogens is 2. The van der Waals surface area contributed by atoms with Crippen LogP contribution < -0.4 is 10.1 Å². The van der Waals surface area contributed by atoms with Gasteiger partial charge in [-0.25, -0.2) is 4.39 Å². The zero-order valence-electron chi connectivity index (χ0n) is 21.4. The highest BCUT2D eigenvalue weighted by Gasteiger charge is 2.39. The number of aromatic nitrogens is 1. The summed E-state index contributed by atoms with van der Waals surface area (Å²) in [4.78, 5) is 8.06. The summed E-state index contributed by atoms with van der Waals surface area (Å²) in [6.45, 7) is 10.7. The first-order valence-corrected chi connectivity index (χ1v) is 12.9. The van der Waals surface area contributed by atoms with E-state index in [2.05, 4.69) is 52.7 Å². The molecule has 0 aliphatic carbocycles. The van der Waals surface area contributed by atoms with Crippen LogP contribution in [0.2, 0.25) is 0 Å². The third-order valence-corrected chi connectivity index (χ3v) is 7.67. The van der Waals surface area contributed by atoms with E-state index in [4.69, 9.17) is 4.74 Å². The first-order valence-electron chi connectivity index (χ1n) is 12.9. The predicted octanol–water partition coefficient (Wildman–Crippen LogP) is 6.03. The minimum Gasteiger partial charge on any atom is -0.496 e. The molecular weight excluding hydrogens is 458 g/mol. The average Bonchev–Trinajstić information content (AvgIpc) is 3.22. The number of ether oxygens (including phenoxy) is 1. The van der Waals surface area contributed by atoms with Crippen molar-refractivity contribution in [1.29, 1.82) is 0 Å². The summed E-state index contributed by atoms with van der Waals surface area (Å²) in [5.74, 6) is 0.215. The highest BCUT2D eigenvalue weighted by atomic mass is 19.1. The minimum atomic E-state index is -0.368. The number of anilines is 1. The van der Waals surface area contributed by atoms with Crippen LogP contribution in [0.1, 0.15) is 49.6 Å². The molecule has 1 aromatic heterocycles. The Morgan fingerprint density at radius 1 is 1.25 bits per heavy atom. The zero-order chi connectivity index (χ0) is 25.4. The Hall–Kier alpha value is -3.06. The number of para-hydroxylation sites is 1. The van der Waals surface area contributed by atoms with E-state index in [1.54, 1.807) is 13.2 Å². The molecule has 2 aliphatic heterocycles. The molecule has 1 fully saturated rings. The van der Waals surface area contributed by atoms with Gasteiger partial charge in [-0.3, -0.25) is 9.29 Å². The van der Waals surface area contributed by atoms with E-state index in [0.717, 1.165) is 49.4 Å². The molecule has 3 heterocycles. The summed E-state index contributed by atoms with van der Waals surface area (Å²) in [7, 11) is 1.60. The third-order valence-electron chi connectivity index (χ3n) is 7.67. The van der Waals surface area contributed by atoms with Gasteiger partial charge in [0.2, 0.25) is 0 Å². The number of rotatable bonds is 9. The van der Waals surface area contributed by atoms with Crippen LogP contribution >= 0.6 is 0 Å². The lowest BCUT2D eigenvalue weighted by atomic mass is 9.87. The third kappa shape index (κ3) is 4.34. The fourth-order valence-electron chi connectivity index (χ4n) is 5.89. The van der Waals surface area contributed by atoms with Crippen LogP contribution in [-0.2, 0) is 6.42 Å². The van der Waals surface area contributed by atoms with Gasteiger partial charge in [0.1, 0.15) is 17.6 Å². The number of benzene rings is 2. The van der Waals surface area contributed by atoms with E-state index >= 15 is 4.39 Å². The second-order valence-electron chi connectivity index (χ2n) is 10.1. The first kappa shape index (κ1) is 24.6. The predicted molar refractivity (Wildman–Crippen MR) is 142 cm³/mol.